The Hall–Kier alpha value is -2.17. The van der Waals surface area contributed by atoms with Gasteiger partial charge in [-0.3, -0.25) is 4.79 Å². The fourth-order valence-corrected chi connectivity index (χ4v) is 2.21. The summed E-state index contributed by atoms with van der Waals surface area (Å²) in [5.74, 6) is -0.833. The number of benzene rings is 2. The molecule has 0 fully saturated rings. The van der Waals surface area contributed by atoms with Gasteiger partial charge in [-0.25, -0.2) is 0 Å². The zero-order valence-corrected chi connectivity index (χ0v) is 12.9. The van der Waals surface area contributed by atoms with E-state index in [1.54, 1.807) is 0 Å². The summed E-state index contributed by atoms with van der Waals surface area (Å²) in [6.45, 7) is 1.57. The van der Waals surface area contributed by atoms with E-state index in [0.717, 1.165) is 19.8 Å². The summed E-state index contributed by atoms with van der Waals surface area (Å²) >= 11 is 0. The average molecular weight is 300 g/mol. The molecule has 22 heavy (non-hydrogen) atoms. The first-order valence-corrected chi connectivity index (χ1v) is 7.21. The third kappa shape index (κ3) is 7.02. The molecule has 0 aromatic heterocycles. The highest BCUT2D eigenvalue weighted by Gasteiger charge is 2.23. The number of carboxylic acids is 1. The second kappa shape index (κ2) is 8.97. The molecular formula is C18H24N2O2. The lowest BCUT2D eigenvalue weighted by atomic mass is 9.86. The Morgan fingerprint density at radius 3 is 1.55 bits per heavy atom. The monoisotopic (exact) mass is 300 g/mol. The van der Waals surface area contributed by atoms with Gasteiger partial charge in [0, 0.05) is 19.0 Å². The Labute approximate surface area is 131 Å². The Bertz CT molecular complexity index is 510. The molecule has 0 spiro atoms. The van der Waals surface area contributed by atoms with Crippen molar-refractivity contribution in [3.63, 3.8) is 0 Å². The van der Waals surface area contributed by atoms with Crippen molar-refractivity contribution in [1.82, 2.24) is 0 Å². The summed E-state index contributed by atoms with van der Waals surface area (Å²) in [7, 11) is 0. The molecule has 2 aromatic rings. The van der Waals surface area contributed by atoms with Crippen LogP contribution in [0.4, 0.5) is 0 Å². The normalized spacial score (nSPS) is 10.5. The summed E-state index contributed by atoms with van der Waals surface area (Å²) in [6, 6.07) is 20.6. The highest BCUT2D eigenvalue weighted by atomic mass is 16.4. The molecule has 0 aliphatic heterocycles. The van der Waals surface area contributed by atoms with E-state index in [-0.39, 0.29) is 5.54 Å². The van der Waals surface area contributed by atoms with Crippen molar-refractivity contribution < 1.29 is 9.90 Å². The number of hydrogen-bond acceptors (Lipinski definition) is 3. The van der Waals surface area contributed by atoms with Crippen LogP contribution >= 0.6 is 0 Å². The van der Waals surface area contributed by atoms with Gasteiger partial charge in [0.15, 0.2) is 0 Å². The van der Waals surface area contributed by atoms with Crippen molar-refractivity contribution in [3.05, 3.63) is 71.8 Å². The van der Waals surface area contributed by atoms with Gasteiger partial charge >= 0.3 is 0 Å². The molecule has 0 bridgehead atoms. The minimum atomic E-state index is -0.833. The van der Waals surface area contributed by atoms with Gasteiger partial charge in [-0.15, -0.1) is 0 Å². The molecular weight excluding hydrogens is 276 g/mol. The second-order valence-electron chi connectivity index (χ2n) is 5.41. The Balaban J connectivity index is 0.000000541. The maximum absolute atomic E-state index is 9.00. The van der Waals surface area contributed by atoms with Crippen LogP contribution in [0.5, 0.6) is 0 Å². The molecule has 2 rings (SSSR count). The molecule has 5 N–H and O–H groups in total. The maximum Gasteiger partial charge on any atom is 0.300 e. The standard InChI is InChI=1S/C16H20N2.C2H4O2/c17-13-16(18,11-14-7-3-1-4-8-14)12-15-9-5-2-6-10-15;1-2(3)4/h1-10H,11-13,17-18H2;1H3,(H,3,4). The summed E-state index contributed by atoms with van der Waals surface area (Å²) in [5, 5.41) is 7.42. The molecule has 0 aliphatic carbocycles. The summed E-state index contributed by atoms with van der Waals surface area (Å²) < 4.78 is 0. The molecule has 2 aromatic carbocycles. The van der Waals surface area contributed by atoms with E-state index in [2.05, 4.69) is 24.3 Å². The van der Waals surface area contributed by atoms with Crippen LogP contribution in [0.3, 0.4) is 0 Å². The van der Waals surface area contributed by atoms with Gasteiger partial charge in [0.2, 0.25) is 0 Å². The minimum absolute atomic E-state index is 0.372. The van der Waals surface area contributed by atoms with Crippen molar-refractivity contribution in [2.75, 3.05) is 6.54 Å². The third-order valence-corrected chi connectivity index (χ3v) is 3.20. The molecule has 0 unspecified atom stereocenters. The molecule has 0 amide bonds. The van der Waals surface area contributed by atoms with E-state index < -0.39 is 5.97 Å². The lowest BCUT2D eigenvalue weighted by Crippen LogP contribution is -2.50. The van der Waals surface area contributed by atoms with E-state index in [1.165, 1.54) is 11.1 Å². The average Bonchev–Trinajstić information content (AvgIpc) is 2.48. The Kier molecular flexibility index (Phi) is 7.29. The second-order valence-corrected chi connectivity index (χ2v) is 5.41. The van der Waals surface area contributed by atoms with E-state index >= 15 is 0 Å². The lowest BCUT2D eigenvalue weighted by Gasteiger charge is -2.28. The molecule has 4 nitrogen and oxygen atoms in total. The fraction of sp³-hybridized carbons (Fsp3) is 0.278. The SMILES string of the molecule is CC(=O)O.NCC(N)(Cc1ccccc1)Cc1ccccc1. The van der Waals surface area contributed by atoms with Gasteiger partial charge in [-0.1, -0.05) is 60.7 Å². The number of carboxylic acid groups (broad SMARTS) is 1. The van der Waals surface area contributed by atoms with Crippen molar-refractivity contribution in [2.24, 2.45) is 11.5 Å². The summed E-state index contributed by atoms with van der Waals surface area (Å²) in [5.41, 5.74) is 14.4. The number of nitrogens with two attached hydrogens (primary N) is 2. The quantitative estimate of drug-likeness (QED) is 0.790. The maximum atomic E-state index is 9.00. The lowest BCUT2D eigenvalue weighted by molar-refractivity contribution is -0.134. The molecule has 0 saturated heterocycles. The van der Waals surface area contributed by atoms with E-state index in [1.807, 2.05) is 36.4 Å². The van der Waals surface area contributed by atoms with Crippen LogP contribution in [0.15, 0.2) is 60.7 Å². The molecule has 0 atom stereocenters. The van der Waals surface area contributed by atoms with Crippen LogP contribution in [-0.4, -0.2) is 23.2 Å². The number of carbonyl (C=O) groups is 1. The third-order valence-electron chi connectivity index (χ3n) is 3.20. The van der Waals surface area contributed by atoms with Crippen LogP contribution in [0, 0.1) is 0 Å². The largest absolute Gasteiger partial charge is 0.481 e. The smallest absolute Gasteiger partial charge is 0.300 e. The van der Waals surface area contributed by atoms with Crippen LogP contribution in [0.1, 0.15) is 18.1 Å². The van der Waals surface area contributed by atoms with Gasteiger partial charge in [0.25, 0.3) is 5.97 Å². The predicted molar refractivity (Wildman–Crippen MR) is 89.6 cm³/mol. The van der Waals surface area contributed by atoms with Crippen molar-refractivity contribution in [3.8, 4) is 0 Å². The summed E-state index contributed by atoms with van der Waals surface area (Å²) in [4.78, 5) is 9.00. The van der Waals surface area contributed by atoms with E-state index in [0.29, 0.717) is 6.54 Å². The van der Waals surface area contributed by atoms with Crippen LogP contribution in [-0.2, 0) is 17.6 Å². The zero-order valence-electron chi connectivity index (χ0n) is 12.9. The van der Waals surface area contributed by atoms with Crippen LogP contribution in [0.25, 0.3) is 0 Å². The topological polar surface area (TPSA) is 89.3 Å². The van der Waals surface area contributed by atoms with Crippen LogP contribution in [0.2, 0.25) is 0 Å². The molecule has 118 valence electrons. The van der Waals surface area contributed by atoms with Gasteiger partial charge < -0.3 is 16.6 Å². The molecule has 0 radical (unpaired) electrons. The molecule has 0 aliphatic rings. The first-order valence-electron chi connectivity index (χ1n) is 7.21. The van der Waals surface area contributed by atoms with Crippen LogP contribution < -0.4 is 11.5 Å². The number of aliphatic carboxylic acids is 1. The first-order chi connectivity index (χ1) is 10.4. The minimum Gasteiger partial charge on any atom is -0.481 e. The molecule has 4 heteroatoms. The highest BCUT2D eigenvalue weighted by Crippen LogP contribution is 2.16. The Morgan fingerprint density at radius 2 is 1.27 bits per heavy atom. The number of hydrogen-bond donors (Lipinski definition) is 3. The summed E-state index contributed by atoms with van der Waals surface area (Å²) in [6.07, 6.45) is 1.61. The van der Waals surface area contributed by atoms with Gasteiger partial charge in [-0.2, -0.15) is 0 Å². The fourth-order valence-electron chi connectivity index (χ4n) is 2.21. The van der Waals surface area contributed by atoms with Crippen molar-refractivity contribution in [2.45, 2.75) is 25.3 Å². The van der Waals surface area contributed by atoms with Crippen molar-refractivity contribution >= 4 is 5.97 Å². The van der Waals surface area contributed by atoms with E-state index in [4.69, 9.17) is 21.4 Å². The van der Waals surface area contributed by atoms with Crippen molar-refractivity contribution in [1.29, 1.82) is 0 Å². The van der Waals surface area contributed by atoms with E-state index in [9.17, 15) is 0 Å². The first kappa shape index (κ1) is 17.9. The van der Waals surface area contributed by atoms with Gasteiger partial charge in [0.05, 0.1) is 0 Å². The molecule has 0 heterocycles. The number of rotatable bonds is 5. The highest BCUT2D eigenvalue weighted by molar-refractivity contribution is 5.62. The predicted octanol–water partition coefficient (Wildman–Crippen LogP) is 2.22. The zero-order chi connectivity index (χ0) is 16.4. The molecule has 0 saturated carbocycles. The Morgan fingerprint density at radius 1 is 0.955 bits per heavy atom. The van der Waals surface area contributed by atoms with Gasteiger partial charge in [-0.05, 0) is 24.0 Å². The van der Waals surface area contributed by atoms with Gasteiger partial charge in [0.1, 0.15) is 0 Å².